The van der Waals surface area contributed by atoms with E-state index in [1.54, 1.807) is 18.4 Å². The molecule has 0 spiro atoms. The number of aryl methyl sites for hydroxylation is 1. The number of rotatable bonds is 1. The Morgan fingerprint density at radius 3 is 3.08 bits per heavy atom. The molecule has 0 fully saturated rings. The molecule has 0 bridgehead atoms. The van der Waals surface area contributed by atoms with E-state index in [1.165, 1.54) is 29.7 Å². The van der Waals surface area contributed by atoms with Gasteiger partial charge in [0.2, 0.25) is 0 Å². The third-order valence-electron chi connectivity index (χ3n) is 2.32. The maximum absolute atomic E-state index is 4.86. The van der Waals surface area contributed by atoms with Crippen LogP contribution in [0.15, 0.2) is 16.6 Å². The van der Waals surface area contributed by atoms with Crippen LogP contribution in [0.25, 0.3) is 0 Å². The lowest BCUT2D eigenvalue weighted by Gasteiger charge is -1.99. The Kier molecular flexibility index (Phi) is 2.64. The first-order chi connectivity index (χ1) is 6.42. The minimum Gasteiger partial charge on any atom is -0.399 e. The predicted molar refractivity (Wildman–Crippen MR) is 55.4 cm³/mol. The van der Waals surface area contributed by atoms with Gasteiger partial charge < -0.3 is 4.84 Å². The summed E-state index contributed by atoms with van der Waals surface area (Å²) >= 11 is 1.78. The van der Waals surface area contributed by atoms with Crippen LogP contribution in [0.2, 0.25) is 0 Å². The largest absolute Gasteiger partial charge is 0.399 e. The van der Waals surface area contributed by atoms with Crippen LogP contribution in [0, 0.1) is 0 Å². The molecule has 3 heteroatoms. The normalized spacial score (nSPS) is 19.6. The Labute approximate surface area is 82.2 Å². The highest BCUT2D eigenvalue weighted by Crippen LogP contribution is 2.25. The molecule has 1 aromatic rings. The van der Waals surface area contributed by atoms with Crippen LogP contribution in [0.4, 0.5) is 0 Å². The maximum Gasteiger partial charge on any atom is 0.106 e. The average molecular weight is 195 g/mol. The molecular weight excluding hydrogens is 182 g/mol. The SMILES string of the molecule is CO/N=C1\CCCCc2ccsc21. The number of nitrogens with zero attached hydrogens (tertiary/aromatic N) is 1. The van der Waals surface area contributed by atoms with Gasteiger partial charge in [0, 0.05) is 0 Å². The van der Waals surface area contributed by atoms with Crippen molar-refractivity contribution in [2.24, 2.45) is 5.16 Å². The van der Waals surface area contributed by atoms with Crippen LogP contribution in [0.5, 0.6) is 0 Å². The first-order valence-electron chi connectivity index (χ1n) is 4.58. The fourth-order valence-corrected chi connectivity index (χ4v) is 2.67. The molecule has 0 N–H and O–H groups in total. The summed E-state index contributed by atoms with van der Waals surface area (Å²) in [6, 6.07) is 2.20. The Morgan fingerprint density at radius 1 is 1.38 bits per heavy atom. The lowest BCUT2D eigenvalue weighted by Crippen LogP contribution is -1.98. The van der Waals surface area contributed by atoms with Crippen LogP contribution in [-0.4, -0.2) is 12.8 Å². The average Bonchev–Trinajstić information content (AvgIpc) is 2.52. The van der Waals surface area contributed by atoms with Crippen LogP contribution in [0.3, 0.4) is 0 Å². The van der Waals surface area contributed by atoms with E-state index in [1.807, 2.05) is 0 Å². The Hall–Kier alpha value is -0.830. The quantitative estimate of drug-likeness (QED) is 0.499. The van der Waals surface area contributed by atoms with Crippen LogP contribution in [-0.2, 0) is 11.3 Å². The lowest BCUT2D eigenvalue weighted by atomic mass is 10.1. The van der Waals surface area contributed by atoms with Crippen LogP contribution in [0.1, 0.15) is 29.7 Å². The van der Waals surface area contributed by atoms with Gasteiger partial charge in [-0.3, -0.25) is 0 Å². The van der Waals surface area contributed by atoms with Gasteiger partial charge >= 0.3 is 0 Å². The van der Waals surface area contributed by atoms with Crippen molar-refractivity contribution in [3.05, 3.63) is 21.9 Å². The van der Waals surface area contributed by atoms with Crippen molar-refractivity contribution in [1.29, 1.82) is 0 Å². The lowest BCUT2D eigenvalue weighted by molar-refractivity contribution is 0.213. The van der Waals surface area contributed by atoms with Gasteiger partial charge in [0.05, 0.1) is 10.6 Å². The molecule has 0 atom stereocenters. The van der Waals surface area contributed by atoms with Gasteiger partial charge in [-0.25, -0.2) is 0 Å². The molecule has 1 aromatic heterocycles. The smallest absolute Gasteiger partial charge is 0.106 e. The summed E-state index contributed by atoms with van der Waals surface area (Å²) in [7, 11) is 1.62. The number of hydrogen-bond acceptors (Lipinski definition) is 3. The number of hydrogen-bond donors (Lipinski definition) is 0. The number of oxime groups is 1. The fourth-order valence-electron chi connectivity index (χ4n) is 1.70. The van der Waals surface area contributed by atoms with E-state index in [2.05, 4.69) is 16.6 Å². The molecule has 0 aliphatic heterocycles. The molecular formula is C10H13NOS. The van der Waals surface area contributed by atoms with Crippen molar-refractivity contribution in [2.75, 3.05) is 7.11 Å². The van der Waals surface area contributed by atoms with Gasteiger partial charge in [0.1, 0.15) is 7.11 Å². The number of fused-ring (bicyclic) bond motifs is 1. The van der Waals surface area contributed by atoms with E-state index < -0.39 is 0 Å². The van der Waals surface area contributed by atoms with E-state index >= 15 is 0 Å². The minimum atomic E-state index is 1.06. The zero-order chi connectivity index (χ0) is 9.10. The van der Waals surface area contributed by atoms with E-state index in [0.717, 1.165) is 12.1 Å². The molecule has 2 nitrogen and oxygen atoms in total. The summed E-state index contributed by atoms with van der Waals surface area (Å²) < 4.78 is 0. The second-order valence-corrected chi connectivity index (χ2v) is 4.12. The van der Waals surface area contributed by atoms with E-state index in [0.29, 0.717) is 0 Å². The highest BCUT2D eigenvalue weighted by atomic mass is 32.1. The second-order valence-electron chi connectivity index (χ2n) is 3.20. The van der Waals surface area contributed by atoms with Crippen molar-refractivity contribution >= 4 is 17.0 Å². The predicted octanol–water partition coefficient (Wildman–Crippen LogP) is 2.83. The molecule has 0 saturated heterocycles. The van der Waals surface area contributed by atoms with Crippen molar-refractivity contribution < 1.29 is 4.84 Å². The zero-order valence-electron chi connectivity index (χ0n) is 7.75. The van der Waals surface area contributed by atoms with Crippen molar-refractivity contribution in [3.8, 4) is 0 Å². The van der Waals surface area contributed by atoms with Gasteiger partial charge in [-0.15, -0.1) is 11.3 Å². The molecule has 0 amide bonds. The molecule has 70 valence electrons. The van der Waals surface area contributed by atoms with Crippen molar-refractivity contribution in [1.82, 2.24) is 0 Å². The molecule has 0 radical (unpaired) electrons. The van der Waals surface area contributed by atoms with Crippen LogP contribution >= 0.6 is 11.3 Å². The topological polar surface area (TPSA) is 21.6 Å². The Bertz CT molecular complexity index is 316. The van der Waals surface area contributed by atoms with Crippen LogP contribution < -0.4 is 0 Å². The summed E-state index contributed by atoms with van der Waals surface area (Å²) in [5.41, 5.74) is 2.57. The van der Waals surface area contributed by atoms with Crippen molar-refractivity contribution in [3.63, 3.8) is 0 Å². The van der Waals surface area contributed by atoms with Gasteiger partial charge in [-0.1, -0.05) is 5.16 Å². The van der Waals surface area contributed by atoms with E-state index in [-0.39, 0.29) is 0 Å². The van der Waals surface area contributed by atoms with Gasteiger partial charge in [0.15, 0.2) is 0 Å². The molecule has 1 aliphatic rings. The molecule has 13 heavy (non-hydrogen) atoms. The van der Waals surface area contributed by atoms with Crippen molar-refractivity contribution in [2.45, 2.75) is 25.7 Å². The first kappa shape index (κ1) is 8.75. The molecule has 0 aromatic carbocycles. The summed E-state index contributed by atoms with van der Waals surface area (Å²) in [6.07, 6.45) is 4.75. The highest BCUT2D eigenvalue weighted by molar-refractivity contribution is 7.12. The first-order valence-corrected chi connectivity index (χ1v) is 5.46. The third kappa shape index (κ3) is 1.75. The second kappa shape index (κ2) is 3.92. The molecule has 0 unspecified atom stereocenters. The maximum atomic E-state index is 4.86. The third-order valence-corrected chi connectivity index (χ3v) is 3.33. The molecule has 0 saturated carbocycles. The zero-order valence-corrected chi connectivity index (χ0v) is 8.56. The Balaban J connectivity index is 2.36. The van der Waals surface area contributed by atoms with E-state index in [4.69, 9.17) is 4.84 Å². The summed E-state index contributed by atoms with van der Waals surface area (Å²) in [5, 5.41) is 6.22. The summed E-state index contributed by atoms with van der Waals surface area (Å²) in [4.78, 5) is 6.19. The van der Waals surface area contributed by atoms with Gasteiger partial charge in [-0.05, 0) is 42.7 Å². The monoisotopic (exact) mass is 195 g/mol. The standard InChI is InChI=1S/C10H13NOS/c1-12-11-9-5-3-2-4-8-6-7-13-10(8)9/h6-7H,2-5H2,1H3/b11-9+. The van der Waals surface area contributed by atoms with Gasteiger partial charge in [0.25, 0.3) is 0 Å². The molecule has 2 rings (SSSR count). The highest BCUT2D eigenvalue weighted by Gasteiger charge is 2.15. The van der Waals surface area contributed by atoms with E-state index in [9.17, 15) is 0 Å². The Morgan fingerprint density at radius 2 is 2.23 bits per heavy atom. The van der Waals surface area contributed by atoms with Gasteiger partial charge in [-0.2, -0.15) is 0 Å². The number of thiophene rings is 1. The summed E-state index contributed by atoms with van der Waals surface area (Å²) in [5.74, 6) is 0. The fraction of sp³-hybridized carbons (Fsp3) is 0.500. The molecule has 1 aliphatic carbocycles. The minimum absolute atomic E-state index is 1.06. The molecule has 1 heterocycles. The summed E-state index contributed by atoms with van der Waals surface area (Å²) in [6.45, 7) is 0.